The van der Waals surface area contributed by atoms with Gasteiger partial charge in [-0.25, -0.2) is 0 Å². The highest BCUT2D eigenvalue weighted by molar-refractivity contribution is 5.14. The summed E-state index contributed by atoms with van der Waals surface area (Å²) in [5, 5.41) is 13.3. The minimum atomic E-state index is -0.0861. The Morgan fingerprint density at radius 2 is 1.88 bits per heavy atom. The van der Waals surface area contributed by atoms with Crippen molar-refractivity contribution in [2.75, 3.05) is 6.54 Å². The zero-order valence-electron chi connectivity index (χ0n) is 9.73. The first-order valence-electron chi connectivity index (χ1n) is 6.29. The monoisotopic (exact) mass is 219 g/mol. The molecule has 2 atom stereocenters. The summed E-state index contributed by atoms with van der Waals surface area (Å²) in [6, 6.07) is 10.4. The van der Waals surface area contributed by atoms with Gasteiger partial charge >= 0.3 is 0 Å². The van der Waals surface area contributed by atoms with E-state index in [2.05, 4.69) is 29.6 Å². The fourth-order valence-electron chi connectivity index (χ4n) is 2.42. The number of rotatable bonds is 4. The molecule has 2 rings (SSSR count). The summed E-state index contributed by atoms with van der Waals surface area (Å²) >= 11 is 0. The Balaban J connectivity index is 1.71. The molecule has 1 saturated carbocycles. The van der Waals surface area contributed by atoms with Gasteiger partial charge in [-0.15, -0.1) is 0 Å². The van der Waals surface area contributed by atoms with Crippen molar-refractivity contribution >= 4 is 0 Å². The third-order valence-corrected chi connectivity index (χ3v) is 3.45. The van der Waals surface area contributed by atoms with Crippen LogP contribution < -0.4 is 5.32 Å². The van der Waals surface area contributed by atoms with Crippen molar-refractivity contribution in [3.63, 3.8) is 0 Å². The van der Waals surface area contributed by atoms with Crippen molar-refractivity contribution in [1.82, 2.24) is 5.32 Å². The molecular weight excluding hydrogens is 198 g/mol. The number of hydrogen-bond acceptors (Lipinski definition) is 2. The van der Waals surface area contributed by atoms with Gasteiger partial charge in [0.1, 0.15) is 0 Å². The highest BCUT2D eigenvalue weighted by atomic mass is 16.3. The van der Waals surface area contributed by atoms with Gasteiger partial charge in [-0.05, 0) is 24.3 Å². The van der Waals surface area contributed by atoms with Crippen LogP contribution in [0.5, 0.6) is 0 Å². The SMILES string of the molecule is O[C@H]1CCCC[C@@H]1CNCc1ccccc1. The highest BCUT2D eigenvalue weighted by Gasteiger charge is 2.22. The summed E-state index contributed by atoms with van der Waals surface area (Å²) in [4.78, 5) is 0. The summed E-state index contributed by atoms with van der Waals surface area (Å²) in [5.41, 5.74) is 1.31. The molecule has 1 aliphatic rings. The Bertz CT molecular complexity index is 299. The summed E-state index contributed by atoms with van der Waals surface area (Å²) in [5.74, 6) is 0.456. The van der Waals surface area contributed by atoms with Crippen molar-refractivity contribution in [3.8, 4) is 0 Å². The van der Waals surface area contributed by atoms with Gasteiger partial charge in [0.2, 0.25) is 0 Å². The highest BCUT2D eigenvalue weighted by Crippen LogP contribution is 2.23. The minimum Gasteiger partial charge on any atom is -0.393 e. The van der Waals surface area contributed by atoms with Gasteiger partial charge in [0.25, 0.3) is 0 Å². The molecule has 0 saturated heterocycles. The van der Waals surface area contributed by atoms with Crippen LogP contribution in [0.4, 0.5) is 0 Å². The molecule has 1 aliphatic carbocycles. The minimum absolute atomic E-state index is 0.0861. The van der Waals surface area contributed by atoms with Crippen molar-refractivity contribution in [2.45, 2.75) is 38.3 Å². The molecule has 1 aromatic carbocycles. The number of aliphatic hydroxyl groups excluding tert-OH is 1. The Morgan fingerprint density at radius 1 is 1.12 bits per heavy atom. The van der Waals surface area contributed by atoms with Gasteiger partial charge in [0.05, 0.1) is 6.10 Å². The van der Waals surface area contributed by atoms with E-state index in [1.54, 1.807) is 0 Å². The maximum absolute atomic E-state index is 9.83. The van der Waals surface area contributed by atoms with Crippen LogP contribution in [-0.4, -0.2) is 17.8 Å². The van der Waals surface area contributed by atoms with E-state index in [0.717, 1.165) is 19.5 Å². The van der Waals surface area contributed by atoms with E-state index in [1.807, 2.05) is 6.07 Å². The van der Waals surface area contributed by atoms with Gasteiger partial charge in [0, 0.05) is 13.1 Å². The largest absolute Gasteiger partial charge is 0.393 e. The number of benzene rings is 1. The molecule has 2 N–H and O–H groups in total. The first-order valence-corrected chi connectivity index (χ1v) is 6.29. The average molecular weight is 219 g/mol. The first-order chi connectivity index (χ1) is 7.86. The van der Waals surface area contributed by atoms with Crippen LogP contribution in [0.2, 0.25) is 0 Å². The van der Waals surface area contributed by atoms with Gasteiger partial charge in [-0.3, -0.25) is 0 Å². The fraction of sp³-hybridized carbons (Fsp3) is 0.571. The van der Waals surface area contributed by atoms with Gasteiger partial charge in [0.15, 0.2) is 0 Å². The second kappa shape index (κ2) is 6.02. The predicted octanol–water partition coefficient (Wildman–Crippen LogP) is 2.33. The molecule has 0 aliphatic heterocycles. The summed E-state index contributed by atoms with van der Waals surface area (Å²) in [7, 11) is 0. The third-order valence-electron chi connectivity index (χ3n) is 3.45. The molecule has 2 nitrogen and oxygen atoms in total. The van der Waals surface area contributed by atoms with Crippen molar-refractivity contribution in [3.05, 3.63) is 35.9 Å². The molecule has 16 heavy (non-hydrogen) atoms. The molecule has 88 valence electrons. The maximum atomic E-state index is 9.83. The van der Waals surface area contributed by atoms with E-state index in [-0.39, 0.29) is 6.10 Å². The maximum Gasteiger partial charge on any atom is 0.0580 e. The van der Waals surface area contributed by atoms with Crippen LogP contribution >= 0.6 is 0 Å². The van der Waals surface area contributed by atoms with E-state index in [1.165, 1.54) is 24.8 Å². The van der Waals surface area contributed by atoms with Crippen LogP contribution in [-0.2, 0) is 6.54 Å². The molecule has 2 heteroatoms. The number of nitrogens with one attached hydrogen (secondary N) is 1. The van der Waals surface area contributed by atoms with Crippen molar-refractivity contribution in [1.29, 1.82) is 0 Å². The van der Waals surface area contributed by atoms with E-state index < -0.39 is 0 Å². The normalized spacial score (nSPS) is 25.6. The van der Waals surface area contributed by atoms with E-state index in [4.69, 9.17) is 0 Å². The van der Waals surface area contributed by atoms with Crippen molar-refractivity contribution < 1.29 is 5.11 Å². The van der Waals surface area contributed by atoms with Crippen LogP contribution in [0, 0.1) is 5.92 Å². The third kappa shape index (κ3) is 3.32. The molecule has 0 unspecified atom stereocenters. The molecule has 0 bridgehead atoms. The molecule has 0 aromatic heterocycles. The lowest BCUT2D eigenvalue weighted by atomic mass is 9.86. The lowest BCUT2D eigenvalue weighted by Gasteiger charge is -2.27. The molecule has 1 aromatic rings. The molecule has 0 spiro atoms. The molecule has 0 heterocycles. The summed E-state index contributed by atoms with van der Waals surface area (Å²) in [6.45, 7) is 1.85. The zero-order chi connectivity index (χ0) is 11.2. The predicted molar refractivity (Wildman–Crippen MR) is 66.1 cm³/mol. The van der Waals surface area contributed by atoms with Gasteiger partial charge in [-0.2, -0.15) is 0 Å². The first kappa shape index (κ1) is 11.6. The van der Waals surface area contributed by atoms with E-state index in [9.17, 15) is 5.11 Å². The second-order valence-electron chi connectivity index (χ2n) is 4.73. The zero-order valence-corrected chi connectivity index (χ0v) is 9.73. The fourth-order valence-corrected chi connectivity index (χ4v) is 2.42. The van der Waals surface area contributed by atoms with Crippen molar-refractivity contribution in [2.24, 2.45) is 5.92 Å². The molecule has 1 fully saturated rings. The molecule has 0 radical (unpaired) electrons. The average Bonchev–Trinajstić information content (AvgIpc) is 2.33. The Hall–Kier alpha value is -0.860. The standard InChI is InChI=1S/C14H21NO/c16-14-9-5-4-8-13(14)11-15-10-12-6-2-1-3-7-12/h1-3,6-7,13-16H,4-5,8-11H2/t13-,14+/m1/s1. The van der Waals surface area contributed by atoms with Crippen LogP contribution in [0.25, 0.3) is 0 Å². The topological polar surface area (TPSA) is 32.3 Å². The Labute approximate surface area is 97.7 Å². The smallest absolute Gasteiger partial charge is 0.0580 e. The lowest BCUT2D eigenvalue weighted by Crippen LogP contribution is -2.33. The Morgan fingerprint density at radius 3 is 2.62 bits per heavy atom. The summed E-state index contributed by atoms with van der Waals surface area (Å²) in [6.07, 6.45) is 4.53. The van der Waals surface area contributed by atoms with Crippen LogP contribution in [0.15, 0.2) is 30.3 Å². The quantitative estimate of drug-likeness (QED) is 0.814. The number of hydrogen-bond donors (Lipinski definition) is 2. The van der Waals surface area contributed by atoms with Gasteiger partial charge in [-0.1, -0.05) is 43.2 Å². The molecule has 0 amide bonds. The lowest BCUT2D eigenvalue weighted by molar-refractivity contribution is 0.0695. The summed E-state index contributed by atoms with van der Waals surface area (Å²) < 4.78 is 0. The van der Waals surface area contributed by atoms with E-state index >= 15 is 0 Å². The van der Waals surface area contributed by atoms with E-state index in [0.29, 0.717) is 5.92 Å². The van der Waals surface area contributed by atoms with Crippen LogP contribution in [0.3, 0.4) is 0 Å². The second-order valence-corrected chi connectivity index (χ2v) is 4.73. The van der Waals surface area contributed by atoms with Crippen LogP contribution in [0.1, 0.15) is 31.2 Å². The number of aliphatic hydroxyl groups is 1. The molecular formula is C14H21NO. The van der Waals surface area contributed by atoms with Gasteiger partial charge < -0.3 is 10.4 Å². The Kier molecular flexibility index (Phi) is 4.37.